The first kappa shape index (κ1) is 21.2. The highest BCUT2D eigenvalue weighted by atomic mass is 16.5. The monoisotopic (exact) mass is 421 g/mol. The summed E-state index contributed by atoms with van der Waals surface area (Å²) in [7, 11) is 1.65. The van der Waals surface area contributed by atoms with Crippen molar-refractivity contribution in [3.63, 3.8) is 0 Å². The normalized spacial score (nSPS) is 15.3. The number of rotatable bonds is 5. The van der Waals surface area contributed by atoms with Gasteiger partial charge in [0, 0.05) is 24.6 Å². The zero-order chi connectivity index (χ0) is 22.0. The summed E-state index contributed by atoms with van der Waals surface area (Å²) >= 11 is 0. The predicted molar refractivity (Wildman–Crippen MR) is 122 cm³/mol. The van der Waals surface area contributed by atoms with Crippen LogP contribution >= 0.6 is 0 Å². The fraction of sp³-hybridized carbons (Fsp3) is 0.440. The van der Waals surface area contributed by atoms with E-state index in [1.54, 1.807) is 7.11 Å². The van der Waals surface area contributed by atoms with Crippen molar-refractivity contribution in [2.24, 2.45) is 0 Å². The molecule has 1 amide bonds. The number of ether oxygens (including phenoxy) is 2. The summed E-state index contributed by atoms with van der Waals surface area (Å²) in [5, 5.41) is 0. The van der Waals surface area contributed by atoms with Crippen LogP contribution in [0.5, 0.6) is 11.5 Å². The fourth-order valence-electron chi connectivity index (χ4n) is 4.15. The van der Waals surface area contributed by atoms with Crippen LogP contribution in [0.4, 0.5) is 0 Å². The molecular formula is C25H31N3O3. The molecule has 0 radical (unpaired) electrons. The smallest absolute Gasteiger partial charge is 0.260 e. The van der Waals surface area contributed by atoms with E-state index in [-0.39, 0.29) is 17.9 Å². The molecule has 6 nitrogen and oxygen atoms in total. The largest absolute Gasteiger partial charge is 0.497 e. The minimum absolute atomic E-state index is 0.0266. The second-order valence-electron chi connectivity index (χ2n) is 9.20. The Morgan fingerprint density at radius 1 is 1.16 bits per heavy atom. The maximum absolute atomic E-state index is 12.8. The minimum atomic E-state index is -0.113. The average Bonchev–Trinajstić information content (AvgIpc) is 3.21. The van der Waals surface area contributed by atoms with Crippen LogP contribution in [0.3, 0.4) is 0 Å². The molecule has 0 bridgehead atoms. The highest BCUT2D eigenvalue weighted by Gasteiger charge is 2.27. The van der Waals surface area contributed by atoms with Gasteiger partial charge in [0.25, 0.3) is 5.91 Å². The van der Waals surface area contributed by atoms with E-state index in [1.165, 1.54) is 0 Å². The van der Waals surface area contributed by atoms with E-state index in [1.807, 2.05) is 47.4 Å². The van der Waals surface area contributed by atoms with Gasteiger partial charge in [-0.1, -0.05) is 32.9 Å². The van der Waals surface area contributed by atoms with Gasteiger partial charge in [-0.2, -0.15) is 0 Å². The van der Waals surface area contributed by atoms with Crippen LogP contribution in [-0.2, 0) is 10.2 Å². The second-order valence-corrected chi connectivity index (χ2v) is 9.20. The molecule has 1 aliphatic heterocycles. The van der Waals surface area contributed by atoms with E-state index >= 15 is 0 Å². The Morgan fingerprint density at radius 3 is 2.58 bits per heavy atom. The third-order valence-electron chi connectivity index (χ3n) is 5.99. The molecule has 1 aromatic heterocycles. The first-order valence-corrected chi connectivity index (χ1v) is 10.9. The van der Waals surface area contributed by atoms with Gasteiger partial charge in [0.2, 0.25) is 0 Å². The number of nitrogens with one attached hydrogen (secondary N) is 1. The highest BCUT2D eigenvalue weighted by molar-refractivity contribution is 5.78. The van der Waals surface area contributed by atoms with Crippen molar-refractivity contribution in [3.8, 4) is 11.5 Å². The number of nitrogens with zero attached hydrogens (tertiary/aromatic N) is 2. The Bertz CT molecular complexity index is 1030. The van der Waals surface area contributed by atoms with Crippen molar-refractivity contribution in [1.82, 2.24) is 14.9 Å². The second kappa shape index (κ2) is 8.61. The summed E-state index contributed by atoms with van der Waals surface area (Å²) in [4.78, 5) is 22.9. The number of aromatic nitrogens is 2. The van der Waals surface area contributed by atoms with Crippen molar-refractivity contribution < 1.29 is 14.3 Å². The highest BCUT2D eigenvalue weighted by Crippen LogP contribution is 2.34. The third kappa shape index (κ3) is 4.68. The first-order chi connectivity index (χ1) is 14.8. The number of methoxy groups -OCH3 is 1. The van der Waals surface area contributed by atoms with E-state index in [4.69, 9.17) is 14.5 Å². The number of fused-ring (bicyclic) bond motifs is 1. The van der Waals surface area contributed by atoms with E-state index in [2.05, 4.69) is 25.8 Å². The van der Waals surface area contributed by atoms with E-state index in [9.17, 15) is 4.79 Å². The molecule has 164 valence electrons. The first-order valence-electron chi connectivity index (χ1n) is 10.9. The topological polar surface area (TPSA) is 67.5 Å². The van der Waals surface area contributed by atoms with Gasteiger partial charge in [-0.3, -0.25) is 4.79 Å². The number of piperidine rings is 1. The molecule has 0 spiro atoms. The van der Waals surface area contributed by atoms with Crippen LogP contribution in [0.15, 0.2) is 42.5 Å². The molecular weight excluding hydrogens is 390 g/mol. The van der Waals surface area contributed by atoms with Gasteiger partial charge in [0.05, 0.1) is 18.1 Å². The van der Waals surface area contributed by atoms with Crippen LogP contribution in [0.1, 0.15) is 50.9 Å². The lowest BCUT2D eigenvalue weighted by Crippen LogP contribution is -2.40. The maximum atomic E-state index is 12.8. The van der Waals surface area contributed by atoms with Crippen molar-refractivity contribution in [2.75, 3.05) is 26.8 Å². The Labute approximate surface area is 183 Å². The molecule has 2 heterocycles. The molecule has 6 heteroatoms. The number of carbonyl (C=O) groups excluding carboxylic acids is 1. The summed E-state index contributed by atoms with van der Waals surface area (Å²) in [5.74, 6) is 2.93. The van der Waals surface area contributed by atoms with Gasteiger partial charge < -0.3 is 19.4 Å². The number of hydrogen-bond acceptors (Lipinski definition) is 4. The summed E-state index contributed by atoms with van der Waals surface area (Å²) in [6, 6.07) is 13.8. The van der Waals surface area contributed by atoms with E-state index < -0.39 is 0 Å². The molecule has 0 saturated carbocycles. The minimum Gasteiger partial charge on any atom is -0.497 e. The number of hydrogen-bond donors (Lipinski definition) is 1. The maximum Gasteiger partial charge on any atom is 0.260 e. The lowest BCUT2D eigenvalue weighted by molar-refractivity contribution is -0.134. The summed E-state index contributed by atoms with van der Waals surface area (Å²) in [6.45, 7) is 7.86. The molecule has 1 fully saturated rings. The molecule has 4 rings (SSSR count). The van der Waals surface area contributed by atoms with Crippen molar-refractivity contribution in [3.05, 3.63) is 53.9 Å². The molecule has 3 aromatic rings. The van der Waals surface area contributed by atoms with Gasteiger partial charge >= 0.3 is 0 Å². The fourth-order valence-corrected chi connectivity index (χ4v) is 4.15. The number of amides is 1. The standard InChI is InChI=1S/C25H31N3O3/c1-25(2,3)19-15-18(30-4)9-10-22(19)31-16-23(29)28-13-11-17(12-14-28)24-26-20-7-5-6-8-21(20)27-24/h5-10,15,17H,11-14,16H2,1-4H3,(H,26,27). The molecule has 0 aliphatic carbocycles. The SMILES string of the molecule is COc1ccc(OCC(=O)N2CCC(c3nc4ccccc4[nH]3)CC2)c(C(C)(C)C)c1. The average molecular weight is 422 g/mol. The lowest BCUT2D eigenvalue weighted by atomic mass is 9.86. The molecule has 2 aromatic carbocycles. The number of H-pyrrole nitrogens is 1. The van der Waals surface area contributed by atoms with Crippen LogP contribution in [0.25, 0.3) is 11.0 Å². The van der Waals surface area contributed by atoms with Crippen molar-refractivity contribution >= 4 is 16.9 Å². The summed E-state index contributed by atoms with van der Waals surface area (Å²) in [5.41, 5.74) is 2.98. The quantitative estimate of drug-likeness (QED) is 0.651. The van der Waals surface area contributed by atoms with Crippen LogP contribution in [0.2, 0.25) is 0 Å². The Hall–Kier alpha value is -3.02. The summed E-state index contributed by atoms with van der Waals surface area (Å²) in [6.07, 6.45) is 1.81. The lowest BCUT2D eigenvalue weighted by Gasteiger charge is -2.31. The van der Waals surface area contributed by atoms with Gasteiger partial charge in [-0.15, -0.1) is 0 Å². The number of likely N-dealkylation sites (tertiary alicyclic amines) is 1. The molecule has 1 saturated heterocycles. The number of benzene rings is 2. The van der Waals surface area contributed by atoms with Crippen molar-refractivity contribution in [2.45, 2.75) is 44.9 Å². The Kier molecular flexibility index (Phi) is 5.90. The number of para-hydroxylation sites is 2. The zero-order valence-electron chi connectivity index (χ0n) is 18.8. The predicted octanol–water partition coefficient (Wildman–Crippen LogP) is 4.65. The van der Waals surface area contributed by atoms with Gasteiger partial charge in [-0.05, 0) is 48.6 Å². The molecule has 1 N–H and O–H groups in total. The van der Waals surface area contributed by atoms with Crippen LogP contribution < -0.4 is 9.47 Å². The number of imidazole rings is 1. The zero-order valence-corrected chi connectivity index (χ0v) is 18.8. The molecule has 0 atom stereocenters. The van der Waals surface area contributed by atoms with E-state index in [0.717, 1.165) is 59.9 Å². The molecule has 31 heavy (non-hydrogen) atoms. The third-order valence-corrected chi connectivity index (χ3v) is 5.99. The van der Waals surface area contributed by atoms with Gasteiger partial charge in [0.15, 0.2) is 6.61 Å². The van der Waals surface area contributed by atoms with Gasteiger partial charge in [-0.25, -0.2) is 4.98 Å². The molecule has 1 aliphatic rings. The number of carbonyl (C=O) groups is 1. The van der Waals surface area contributed by atoms with Crippen molar-refractivity contribution in [1.29, 1.82) is 0 Å². The van der Waals surface area contributed by atoms with Crippen LogP contribution in [-0.4, -0.2) is 47.6 Å². The Morgan fingerprint density at radius 2 is 1.90 bits per heavy atom. The molecule has 0 unspecified atom stereocenters. The number of aromatic amines is 1. The summed E-state index contributed by atoms with van der Waals surface area (Å²) < 4.78 is 11.3. The van der Waals surface area contributed by atoms with E-state index in [0.29, 0.717) is 5.92 Å². The Balaban J connectivity index is 1.35. The van der Waals surface area contributed by atoms with Gasteiger partial charge in [0.1, 0.15) is 17.3 Å². The van der Waals surface area contributed by atoms with Crippen LogP contribution in [0, 0.1) is 0 Å².